The molecule has 21 heavy (non-hydrogen) atoms. The molecule has 0 aromatic carbocycles. The molecule has 0 unspecified atom stereocenters. The number of tetrazole rings is 1. The van der Waals surface area contributed by atoms with Crippen molar-refractivity contribution in [2.75, 3.05) is 6.61 Å². The molecule has 0 saturated carbocycles. The quantitative estimate of drug-likeness (QED) is 0.854. The molecule has 1 fully saturated rings. The summed E-state index contributed by atoms with van der Waals surface area (Å²) in [6.45, 7) is 1.21. The lowest BCUT2D eigenvalue weighted by molar-refractivity contribution is -0.141. The van der Waals surface area contributed by atoms with Gasteiger partial charge in [0.15, 0.2) is 10.0 Å². The Morgan fingerprint density at radius 1 is 1.48 bits per heavy atom. The standard InChI is InChI=1S/C10H10F3N5OS2/c11-10(12,13)7-5-20-9(14-7)21-8-15-16-17-18(8)4-6-2-1-3-19-6/h5-6H,1-4H2/t6-/m1/s1. The van der Waals surface area contributed by atoms with Gasteiger partial charge in [0.1, 0.15) is 0 Å². The summed E-state index contributed by atoms with van der Waals surface area (Å²) in [5.41, 5.74) is -0.895. The Balaban J connectivity index is 1.70. The summed E-state index contributed by atoms with van der Waals surface area (Å²) in [7, 11) is 0. The van der Waals surface area contributed by atoms with Gasteiger partial charge in [-0.2, -0.15) is 13.2 Å². The summed E-state index contributed by atoms with van der Waals surface area (Å²) in [5.74, 6) is 0. The number of rotatable bonds is 4. The van der Waals surface area contributed by atoms with E-state index in [0.717, 1.165) is 47.9 Å². The van der Waals surface area contributed by atoms with Gasteiger partial charge in [-0.05, 0) is 35.0 Å². The fourth-order valence-electron chi connectivity index (χ4n) is 1.88. The van der Waals surface area contributed by atoms with Crippen LogP contribution in [0.1, 0.15) is 18.5 Å². The largest absolute Gasteiger partial charge is 0.434 e. The number of ether oxygens (including phenoxy) is 1. The molecule has 0 spiro atoms. The van der Waals surface area contributed by atoms with E-state index in [2.05, 4.69) is 20.5 Å². The topological polar surface area (TPSA) is 65.7 Å². The molecule has 1 aliphatic rings. The van der Waals surface area contributed by atoms with Crippen LogP contribution >= 0.6 is 23.1 Å². The predicted octanol–water partition coefficient (Wildman–Crippen LogP) is 2.48. The van der Waals surface area contributed by atoms with Gasteiger partial charge in [-0.15, -0.1) is 16.4 Å². The molecular formula is C10H10F3N5OS2. The van der Waals surface area contributed by atoms with E-state index >= 15 is 0 Å². The maximum absolute atomic E-state index is 12.5. The molecule has 0 N–H and O–H groups in total. The Morgan fingerprint density at radius 2 is 2.33 bits per heavy atom. The van der Waals surface area contributed by atoms with Gasteiger partial charge in [0.05, 0.1) is 12.6 Å². The normalized spacial score (nSPS) is 19.3. The Kier molecular flexibility index (Phi) is 4.13. The molecule has 2 aromatic heterocycles. The van der Waals surface area contributed by atoms with Crippen molar-refractivity contribution in [3.8, 4) is 0 Å². The number of thiazole rings is 1. The fourth-order valence-corrected chi connectivity index (χ4v) is 3.58. The lowest BCUT2D eigenvalue weighted by atomic mass is 10.2. The summed E-state index contributed by atoms with van der Waals surface area (Å²) in [5, 5.41) is 12.6. The molecular weight excluding hydrogens is 327 g/mol. The van der Waals surface area contributed by atoms with E-state index in [-0.39, 0.29) is 10.4 Å². The highest BCUT2D eigenvalue weighted by Crippen LogP contribution is 2.35. The van der Waals surface area contributed by atoms with Gasteiger partial charge in [0.25, 0.3) is 0 Å². The minimum Gasteiger partial charge on any atom is -0.376 e. The van der Waals surface area contributed by atoms with E-state index in [0.29, 0.717) is 11.7 Å². The van der Waals surface area contributed by atoms with Crippen LogP contribution in [0.4, 0.5) is 13.2 Å². The van der Waals surface area contributed by atoms with Crippen molar-refractivity contribution in [3.05, 3.63) is 11.1 Å². The lowest BCUT2D eigenvalue weighted by Crippen LogP contribution is -2.16. The number of aromatic nitrogens is 5. The van der Waals surface area contributed by atoms with Crippen molar-refractivity contribution >= 4 is 23.1 Å². The molecule has 3 rings (SSSR count). The molecule has 1 aliphatic heterocycles. The Labute approximate surface area is 125 Å². The maximum Gasteiger partial charge on any atom is 0.434 e. The summed E-state index contributed by atoms with van der Waals surface area (Å²) >= 11 is 1.94. The lowest BCUT2D eigenvalue weighted by Gasteiger charge is -2.09. The van der Waals surface area contributed by atoms with Gasteiger partial charge in [-0.1, -0.05) is 0 Å². The highest BCUT2D eigenvalue weighted by Gasteiger charge is 2.34. The van der Waals surface area contributed by atoms with Crippen LogP contribution in [0.3, 0.4) is 0 Å². The van der Waals surface area contributed by atoms with Crippen LogP contribution in [-0.2, 0) is 17.5 Å². The first-order valence-corrected chi connectivity index (χ1v) is 7.80. The third-order valence-electron chi connectivity index (χ3n) is 2.85. The molecule has 0 amide bonds. The number of nitrogens with zero attached hydrogens (tertiary/aromatic N) is 5. The second-order valence-corrected chi connectivity index (χ2v) is 6.45. The summed E-state index contributed by atoms with van der Waals surface area (Å²) in [6, 6.07) is 0. The summed E-state index contributed by atoms with van der Waals surface area (Å²) in [6.07, 6.45) is -2.45. The van der Waals surface area contributed by atoms with Crippen molar-refractivity contribution in [1.29, 1.82) is 0 Å². The average molecular weight is 337 g/mol. The fraction of sp³-hybridized carbons (Fsp3) is 0.600. The highest BCUT2D eigenvalue weighted by molar-refractivity contribution is 8.00. The van der Waals surface area contributed by atoms with E-state index in [1.165, 1.54) is 4.68 Å². The van der Waals surface area contributed by atoms with E-state index in [1.807, 2.05) is 0 Å². The first kappa shape index (κ1) is 14.7. The third-order valence-corrected chi connectivity index (χ3v) is 4.77. The van der Waals surface area contributed by atoms with Gasteiger partial charge in [-0.25, -0.2) is 9.67 Å². The molecule has 6 nitrogen and oxygen atoms in total. The molecule has 114 valence electrons. The molecule has 1 atom stereocenters. The van der Waals surface area contributed by atoms with Crippen LogP contribution in [-0.4, -0.2) is 37.9 Å². The SMILES string of the molecule is FC(F)(F)c1csc(Sc2nnnn2C[C@H]2CCCO2)n1. The molecule has 0 radical (unpaired) electrons. The van der Waals surface area contributed by atoms with Crippen molar-refractivity contribution in [1.82, 2.24) is 25.2 Å². The van der Waals surface area contributed by atoms with Crippen LogP contribution in [0, 0.1) is 0 Å². The number of hydrogen-bond donors (Lipinski definition) is 0. The van der Waals surface area contributed by atoms with Crippen molar-refractivity contribution in [2.24, 2.45) is 0 Å². The monoisotopic (exact) mass is 337 g/mol. The maximum atomic E-state index is 12.5. The van der Waals surface area contributed by atoms with Crippen LogP contribution in [0.25, 0.3) is 0 Å². The average Bonchev–Trinajstić information content (AvgIpc) is 3.12. The van der Waals surface area contributed by atoms with E-state index in [9.17, 15) is 13.2 Å². The van der Waals surface area contributed by atoms with Crippen LogP contribution < -0.4 is 0 Å². The van der Waals surface area contributed by atoms with E-state index in [1.54, 1.807) is 0 Å². The van der Waals surface area contributed by atoms with Gasteiger partial charge in [0.2, 0.25) is 5.16 Å². The van der Waals surface area contributed by atoms with Crippen LogP contribution in [0.15, 0.2) is 14.9 Å². The van der Waals surface area contributed by atoms with E-state index < -0.39 is 11.9 Å². The van der Waals surface area contributed by atoms with Crippen molar-refractivity contribution in [2.45, 2.75) is 41.2 Å². The number of hydrogen-bond acceptors (Lipinski definition) is 7. The smallest absolute Gasteiger partial charge is 0.376 e. The minimum atomic E-state index is -4.43. The highest BCUT2D eigenvalue weighted by atomic mass is 32.2. The number of halogens is 3. The second kappa shape index (κ2) is 5.89. The first-order chi connectivity index (χ1) is 10.0. The van der Waals surface area contributed by atoms with Gasteiger partial charge < -0.3 is 4.74 Å². The van der Waals surface area contributed by atoms with Gasteiger partial charge in [0, 0.05) is 12.0 Å². The van der Waals surface area contributed by atoms with Crippen LogP contribution in [0.2, 0.25) is 0 Å². The summed E-state index contributed by atoms with van der Waals surface area (Å²) < 4.78 is 44.8. The van der Waals surface area contributed by atoms with Gasteiger partial charge >= 0.3 is 6.18 Å². The minimum absolute atomic E-state index is 0.0508. The predicted molar refractivity (Wildman–Crippen MR) is 68.0 cm³/mol. The van der Waals surface area contributed by atoms with Gasteiger partial charge in [-0.3, -0.25) is 0 Å². The molecule has 2 aromatic rings. The Bertz CT molecular complexity index is 608. The Hall–Kier alpha value is -1.20. The molecule has 0 aliphatic carbocycles. The zero-order valence-corrected chi connectivity index (χ0v) is 12.2. The second-order valence-electron chi connectivity index (χ2n) is 4.38. The van der Waals surface area contributed by atoms with Crippen molar-refractivity contribution in [3.63, 3.8) is 0 Å². The molecule has 1 saturated heterocycles. The molecule has 0 bridgehead atoms. The van der Waals surface area contributed by atoms with E-state index in [4.69, 9.17) is 4.74 Å². The third kappa shape index (κ3) is 3.52. The zero-order chi connectivity index (χ0) is 14.9. The zero-order valence-electron chi connectivity index (χ0n) is 10.6. The summed E-state index contributed by atoms with van der Waals surface area (Å²) in [4.78, 5) is 3.55. The van der Waals surface area contributed by atoms with Crippen molar-refractivity contribution < 1.29 is 17.9 Å². The van der Waals surface area contributed by atoms with Crippen LogP contribution in [0.5, 0.6) is 0 Å². The number of alkyl halides is 3. The molecule has 11 heteroatoms. The Morgan fingerprint density at radius 3 is 3.00 bits per heavy atom. The molecule has 3 heterocycles. The first-order valence-electron chi connectivity index (χ1n) is 6.11.